The minimum absolute atomic E-state index is 0.200. The lowest BCUT2D eigenvalue weighted by Crippen LogP contribution is -2.34. The molecular formula is C19H21N5O4. The Morgan fingerprint density at radius 3 is 2.43 bits per heavy atom. The fourth-order valence-electron chi connectivity index (χ4n) is 2.83. The van der Waals surface area contributed by atoms with Gasteiger partial charge in [-0.05, 0) is 40.7 Å². The largest absolute Gasteiger partial charge is 0.459 e. The van der Waals surface area contributed by atoms with Crippen LogP contribution >= 0.6 is 0 Å². The summed E-state index contributed by atoms with van der Waals surface area (Å²) in [6.07, 6.45) is 1.48. The number of hydrogen-bond acceptors (Lipinski definition) is 7. The maximum atomic E-state index is 12.8. The molecule has 28 heavy (non-hydrogen) atoms. The SMILES string of the molecule is Cc1nc2cnc3c(cc(C(N)=O)c(=O)n3CC(=O)OC(C)(C)C)c2nc1C. The van der Waals surface area contributed by atoms with E-state index in [0.29, 0.717) is 22.1 Å². The van der Waals surface area contributed by atoms with Gasteiger partial charge in [0, 0.05) is 5.39 Å². The predicted molar refractivity (Wildman–Crippen MR) is 103 cm³/mol. The number of aromatic nitrogens is 4. The van der Waals surface area contributed by atoms with Gasteiger partial charge in [0.1, 0.15) is 34.4 Å². The number of esters is 1. The highest BCUT2D eigenvalue weighted by molar-refractivity contribution is 6.04. The highest BCUT2D eigenvalue weighted by atomic mass is 16.6. The lowest BCUT2D eigenvalue weighted by atomic mass is 10.1. The van der Waals surface area contributed by atoms with E-state index in [4.69, 9.17) is 10.5 Å². The summed E-state index contributed by atoms with van der Waals surface area (Å²) >= 11 is 0. The van der Waals surface area contributed by atoms with E-state index in [-0.39, 0.29) is 11.2 Å². The van der Waals surface area contributed by atoms with Gasteiger partial charge in [0.2, 0.25) is 0 Å². The molecule has 3 rings (SSSR count). The van der Waals surface area contributed by atoms with Crippen LogP contribution in [0, 0.1) is 13.8 Å². The molecule has 0 aliphatic carbocycles. The van der Waals surface area contributed by atoms with Gasteiger partial charge in [-0.15, -0.1) is 0 Å². The summed E-state index contributed by atoms with van der Waals surface area (Å²) in [5, 5.41) is 0.407. The van der Waals surface area contributed by atoms with Crippen LogP contribution < -0.4 is 11.3 Å². The molecule has 146 valence electrons. The van der Waals surface area contributed by atoms with Crippen LogP contribution in [0.2, 0.25) is 0 Å². The van der Waals surface area contributed by atoms with Crippen LogP contribution in [-0.4, -0.2) is 37.0 Å². The molecule has 0 spiro atoms. The maximum Gasteiger partial charge on any atom is 0.326 e. The van der Waals surface area contributed by atoms with Crippen molar-refractivity contribution < 1.29 is 14.3 Å². The summed E-state index contributed by atoms with van der Waals surface area (Å²) in [5.74, 6) is -1.54. The third-order valence-corrected chi connectivity index (χ3v) is 4.13. The zero-order chi connectivity index (χ0) is 20.8. The van der Waals surface area contributed by atoms with Gasteiger partial charge in [0.05, 0.1) is 17.6 Å². The van der Waals surface area contributed by atoms with Crippen LogP contribution in [0.1, 0.15) is 42.5 Å². The Hall–Kier alpha value is -3.36. The number of primary amides is 1. The van der Waals surface area contributed by atoms with E-state index < -0.39 is 29.6 Å². The van der Waals surface area contributed by atoms with Gasteiger partial charge in [0.25, 0.3) is 11.5 Å². The molecule has 0 saturated carbocycles. The first kappa shape index (κ1) is 19.4. The number of fused-ring (bicyclic) bond motifs is 3. The number of nitrogens with two attached hydrogens (primary N) is 1. The fraction of sp³-hybridized carbons (Fsp3) is 0.368. The Kier molecular flexibility index (Phi) is 4.62. The number of carbonyl (C=O) groups excluding carboxylic acids is 2. The Labute approximate surface area is 160 Å². The summed E-state index contributed by atoms with van der Waals surface area (Å²) in [4.78, 5) is 50.2. The molecule has 0 unspecified atom stereocenters. The van der Waals surface area contributed by atoms with Gasteiger partial charge in [-0.1, -0.05) is 0 Å². The molecule has 0 aliphatic rings. The van der Waals surface area contributed by atoms with E-state index >= 15 is 0 Å². The molecule has 0 radical (unpaired) electrons. The smallest absolute Gasteiger partial charge is 0.326 e. The van der Waals surface area contributed by atoms with Crippen LogP contribution in [-0.2, 0) is 16.1 Å². The molecule has 9 nitrogen and oxygen atoms in total. The van der Waals surface area contributed by atoms with Gasteiger partial charge in [-0.2, -0.15) is 0 Å². The van der Waals surface area contributed by atoms with Crippen molar-refractivity contribution in [1.29, 1.82) is 0 Å². The molecule has 9 heteroatoms. The van der Waals surface area contributed by atoms with Crippen LogP contribution in [0.4, 0.5) is 0 Å². The first-order chi connectivity index (χ1) is 13.0. The van der Waals surface area contributed by atoms with Crippen molar-refractivity contribution in [3.63, 3.8) is 0 Å². The van der Waals surface area contributed by atoms with E-state index in [0.717, 1.165) is 10.3 Å². The first-order valence-electron chi connectivity index (χ1n) is 8.67. The van der Waals surface area contributed by atoms with E-state index in [1.165, 1.54) is 12.3 Å². The topological polar surface area (TPSA) is 130 Å². The maximum absolute atomic E-state index is 12.8. The van der Waals surface area contributed by atoms with Crippen molar-refractivity contribution in [2.75, 3.05) is 0 Å². The number of amides is 1. The lowest BCUT2D eigenvalue weighted by Gasteiger charge is -2.20. The Bertz CT molecular complexity index is 1190. The van der Waals surface area contributed by atoms with Crippen molar-refractivity contribution in [2.45, 2.75) is 46.8 Å². The lowest BCUT2D eigenvalue weighted by molar-refractivity contribution is -0.155. The van der Waals surface area contributed by atoms with Crippen molar-refractivity contribution in [3.05, 3.63) is 39.6 Å². The molecule has 0 atom stereocenters. The number of ether oxygens (including phenoxy) is 1. The van der Waals surface area contributed by atoms with Crippen LogP contribution in [0.15, 0.2) is 17.1 Å². The van der Waals surface area contributed by atoms with Gasteiger partial charge in [-0.25, -0.2) is 15.0 Å². The summed E-state index contributed by atoms with van der Waals surface area (Å²) in [6, 6.07) is 1.35. The Balaban J connectivity index is 2.32. The number of carbonyl (C=O) groups is 2. The van der Waals surface area contributed by atoms with Crippen molar-refractivity contribution in [3.8, 4) is 0 Å². The standard InChI is InChI=1S/C19H21N5O4/c1-9-10(2)23-15-11-6-12(16(20)26)18(27)24(8-14(25)28-19(3,4)5)17(11)21-7-13(15)22-9/h6-7H,8H2,1-5H3,(H2,20,26). The quantitative estimate of drug-likeness (QED) is 0.534. The normalized spacial score (nSPS) is 11.8. The minimum Gasteiger partial charge on any atom is -0.459 e. The van der Waals surface area contributed by atoms with Crippen LogP contribution in [0.5, 0.6) is 0 Å². The zero-order valence-corrected chi connectivity index (χ0v) is 16.4. The van der Waals surface area contributed by atoms with Gasteiger partial charge >= 0.3 is 5.97 Å². The van der Waals surface area contributed by atoms with Gasteiger partial charge in [-0.3, -0.25) is 19.0 Å². The number of pyridine rings is 2. The molecule has 0 saturated heterocycles. The summed E-state index contributed by atoms with van der Waals surface area (Å²) in [5.41, 5.74) is 6.30. The van der Waals surface area contributed by atoms with Crippen LogP contribution in [0.25, 0.3) is 22.1 Å². The highest BCUT2D eigenvalue weighted by Crippen LogP contribution is 2.22. The third-order valence-electron chi connectivity index (χ3n) is 4.13. The second-order valence-corrected chi connectivity index (χ2v) is 7.52. The molecule has 1 amide bonds. The zero-order valence-electron chi connectivity index (χ0n) is 16.4. The molecule has 0 aromatic carbocycles. The van der Waals surface area contributed by atoms with E-state index in [1.54, 1.807) is 27.7 Å². The summed E-state index contributed by atoms with van der Waals surface area (Å²) in [6.45, 7) is 8.38. The molecule has 0 fully saturated rings. The molecule has 3 aromatic rings. The second kappa shape index (κ2) is 6.66. The van der Waals surface area contributed by atoms with E-state index in [2.05, 4.69) is 15.0 Å². The van der Waals surface area contributed by atoms with Gasteiger partial charge in [0.15, 0.2) is 0 Å². The molecule has 3 heterocycles. The van der Waals surface area contributed by atoms with E-state index in [9.17, 15) is 14.4 Å². The van der Waals surface area contributed by atoms with E-state index in [1.807, 2.05) is 6.92 Å². The Morgan fingerprint density at radius 1 is 1.18 bits per heavy atom. The third kappa shape index (κ3) is 3.55. The molecule has 2 N–H and O–H groups in total. The summed E-state index contributed by atoms with van der Waals surface area (Å²) < 4.78 is 6.38. The second-order valence-electron chi connectivity index (χ2n) is 7.52. The highest BCUT2D eigenvalue weighted by Gasteiger charge is 2.22. The number of aryl methyl sites for hydroxylation is 2. The molecular weight excluding hydrogens is 362 g/mol. The predicted octanol–water partition coefficient (Wildman–Crippen LogP) is 1.40. The van der Waals surface area contributed by atoms with Crippen molar-refractivity contribution in [2.24, 2.45) is 5.73 Å². The molecule has 3 aromatic heterocycles. The first-order valence-corrected chi connectivity index (χ1v) is 8.67. The average molecular weight is 383 g/mol. The van der Waals surface area contributed by atoms with Crippen LogP contribution in [0.3, 0.4) is 0 Å². The van der Waals surface area contributed by atoms with Gasteiger partial charge < -0.3 is 10.5 Å². The fourth-order valence-corrected chi connectivity index (χ4v) is 2.83. The monoisotopic (exact) mass is 383 g/mol. The van der Waals surface area contributed by atoms with Crippen molar-refractivity contribution >= 4 is 33.9 Å². The molecule has 0 aliphatic heterocycles. The Morgan fingerprint density at radius 2 is 1.82 bits per heavy atom. The number of rotatable bonds is 3. The average Bonchev–Trinajstić information content (AvgIpc) is 2.56. The summed E-state index contributed by atoms with van der Waals surface area (Å²) in [7, 11) is 0. The number of hydrogen-bond donors (Lipinski definition) is 1. The minimum atomic E-state index is -0.904. The molecule has 0 bridgehead atoms. The van der Waals surface area contributed by atoms with Crippen molar-refractivity contribution in [1.82, 2.24) is 19.5 Å². The number of nitrogens with zero attached hydrogens (tertiary/aromatic N) is 4.